The zero-order chi connectivity index (χ0) is 48.0. The normalized spacial score (nSPS) is 26.3. The van der Waals surface area contributed by atoms with Crippen LogP contribution in [0.3, 0.4) is 0 Å². The molecule has 14 heteroatoms. The number of hydrogen-bond acceptors (Lipinski definition) is 14. The molecule has 390 valence electrons. The van der Waals surface area contributed by atoms with E-state index in [-0.39, 0.29) is 25.6 Å². The summed E-state index contributed by atoms with van der Waals surface area (Å²) in [6, 6.07) is 0. The van der Waals surface area contributed by atoms with Crippen molar-refractivity contribution < 1.29 is 69.0 Å². The quantitative estimate of drug-likeness (QED) is 0.0174. The minimum atomic E-state index is -1.70. The summed E-state index contributed by atoms with van der Waals surface area (Å²) in [5.74, 6) is -0.374. The maximum Gasteiger partial charge on any atom is 0.306 e. The number of esters is 1. The molecule has 0 amide bonds. The number of carbonyl (C=O) groups is 1. The highest BCUT2D eigenvalue weighted by molar-refractivity contribution is 5.69. The van der Waals surface area contributed by atoms with Crippen LogP contribution in [0.2, 0.25) is 0 Å². The zero-order valence-electron chi connectivity index (χ0n) is 41.4. The van der Waals surface area contributed by atoms with Crippen molar-refractivity contribution in [3.63, 3.8) is 0 Å². The van der Waals surface area contributed by atoms with Gasteiger partial charge in [0.2, 0.25) is 0 Å². The second kappa shape index (κ2) is 40.5. The first-order chi connectivity index (χ1) is 32.1. The number of unbranched alkanes of at least 4 members (excludes halogenated alkanes) is 27. The van der Waals surface area contributed by atoms with Crippen molar-refractivity contribution in [1.29, 1.82) is 0 Å². The van der Waals surface area contributed by atoms with Gasteiger partial charge in [0, 0.05) is 13.0 Å². The second-order valence-corrected chi connectivity index (χ2v) is 19.1. The predicted octanol–water partition coefficient (Wildman–Crippen LogP) is 8.24. The molecule has 2 rings (SSSR count). The van der Waals surface area contributed by atoms with Crippen molar-refractivity contribution in [2.75, 3.05) is 33.0 Å². The largest absolute Gasteiger partial charge is 0.457 e. The third-order valence-electron chi connectivity index (χ3n) is 13.0. The van der Waals surface area contributed by atoms with Gasteiger partial charge in [-0.3, -0.25) is 4.79 Å². The average molecular weight is 947 g/mol. The van der Waals surface area contributed by atoms with E-state index in [0.29, 0.717) is 13.0 Å². The molecule has 0 bridgehead atoms. The molecule has 2 fully saturated rings. The summed E-state index contributed by atoms with van der Waals surface area (Å²) in [6.45, 7) is 3.70. The molecule has 2 aliphatic heterocycles. The van der Waals surface area contributed by atoms with Crippen LogP contribution in [0, 0.1) is 0 Å². The predicted molar refractivity (Wildman–Crippen MR) is 257 cm³/mol. The van der Waals surface area contributed by atoms with E-state index < -0.39 is 80.7 Å². The van der Waals surface area contributed by atoms with Crippen LogP contribution in [-0.4, -0.2) is 142 Å². The number of aliphatic hydroxyl groups excluding tert-OH is 7. The van der Waals surface area contributed by atoms with Gasteiger partial charge in [-0.2, -0.15) is 0 Å². The second-order valence-electron chi connectivity index (χ2n) is 19.1. The summed E-state index contributed by atoms with van der Waals surface area (Å²) < 4.78 is 34.3. The highest BCUT2D eigenvalue weighted by atomic mass is 16.7. The lowest BCUT2D eigenvalue weighted by molar-refractivity contribution is -0.332. The molecule has 66 heavy (non-hydrogen) atoms. The summed E-state index contributed by atoms with van der Waals surface area (Å²) in [5, 5.41) is 72.1. The Morgan fingerprint density at radius 2 is 0.894 bits per heavy atom. The lowest BCUT2D eigenvalue weighted by Gasteiger charge is -2.42. The van der Waals surface area contributed by atoms with Gasteiger partial charge < -0.3 is 64.2 Å². The highest BCUT2D eigenvalue weighted by Crippen LogP contribution is 2.26. The van der Waals surface area contributed by atoms with E-state index in [1.165, 1.54) is 141 Å². The molecule has 0 aliphatic carbocycles. The number of carbonyl (C=O) groups excluding carboxylic acids is 1. The lowest BCUT2D eigenvalue weighted by atomic mass is 9.98. The van der Waals surface area contributed by atoms with Crippen molar-refractivity contribution in [3.8, 4) is 0 Å². The van der Waals surface area contributed by atoms with Crippen LogP contribution in [0.5, 0.6) is 0 Å². The summed E-state index contributed by atoms with van der Waals surface area (Å²) >= 11 is 0. The van der Waals surface area contributed by atoms with Gasteiger partial charge in [-0.05, 0) is 38.5 Å². The molecule has 11 atom stereocenters. The Labute approximate surface area is 399 Å². The van der Waals surface area contributed by atoms with Gasteiger partial charge >= 0.3 is 5.97 Å². The Morgan fingerprint density at radius 1 is 0.485 bits per heavy atom. The maximum atomic E-state index is 13.0. The molecule has 0 spiro atoms. The Morgan fingerprint density at radius 3 is 1.39 bits per heavy atom. The van der Waals surface area contributed by atoms with E-state index in [2.05, 4.69) is 26.0 Å². The molecule has 0 aromatic rings. The number of hydrogen-bond donors (Lipinski definition) is 7. The third kappa shape index (κ3) is 27.8. The Balaban J connectivity index is 1.75. The minimum Gasteiger partial charge on any atom is -0.457 e. The molecule has 11 unspecified atom stereocenters. The van der Waals surface area contributed by atoms with Gasteiger partial charge in [-0.25, -0.2) is 0 Å². The Bertz CT molecular complexity index is 1140. The van der Waals surface area contributed by atoms with Crippen molar-refractivity contribution >= 4 is 5.97 Å². The highest BCUT2D eigenvalue weighted by Gasteiger charge is 2.47. The van der Waals surface area contributed by atoms with E-state index in [0.717, 1.165) is 44.9 Å². The summed E-state index contributed by atoms with van der Waals surface area (Å²) in [4.78, 5) is 13.0. The maximum absolute atomic E-state index is 13.0. The fourth-order valence-electron chi connectivity index (χ4n) is 8.63. The molecule has 0 saturated carbocycles. The Hall–Kier alpha value is -1.27. The van der Waals surface area contributed by atoms with E-state index in [1.807, 2.05) is 0 Å². The van der Waals surface area contributed by atoms with Crippen LogP contribution in [0.25, 0.3) is 0 Å². The van der Waals surface area contributed by atoms with E-state index in [1.54, 1.807) is 0 Å². The van der Waals surface area contributed by atoms with E-state index >= 15 is 0 Å². The van der Waals surface area contributed by atoms with Gasteiger partial charge in [0.05, 0.1) is 26.4 Å². The van der Waals surface area contributed by atoms with Crippen LogP contribution < -0.4 is 0 Å². The van der Waals surface area contributed by atoms with Gasteiger partial charge in [0.25, 0.3) is 0 Å². The molecule has 0 radical (unpaired) electrons. The fourth-order valence-corrected chi connectivity index (χ4v) is 8.63. The standard InChI is InChI=1S/C52H98O14/c1-3-5-7-9-11-13-15-17-19-20-21-22-23-25-27-29-31-33-35-44(54)64-41(38-61-36-34-32-30-28-26-24-18-16-14-12-10-8-6-4-2)39-62-51-50(60)48(58)46(56)43(66-51)40-63-52-49(59)47(57)45(55)42(37-53)65-52/h14,16,41-43,45-53,55-60H,3-13,15,17-40H2,1-2H3/b16-14-. The van der Waals surface area contributed by atoms with Crippen molar-refractivity contribution in [3.05, 3.63) is 12.2 Å². The first-order valence-electron chi connectivity index (χ1n) is 26.8. The lowest BCUT2D eigenvalue weighted by Crippen LogP contribution is -2.61. The van der Waals surface area contributed by atoms with Crippen LogP contribution >= 0.6 is 0 Å². The molecular formula is C52H98O14. The van der Waals surface area contributed by atoms with Crippen LogP contribution in [-0.2, 0) is 33.2 Å². The van der Waals surface area contributed by atoms with Crippen LogP contribution in [0.15, 0.2) is 12.2 Å². The number of aliphatic hydroxyl groups is 7. The fraction of sp³-hybridized carbons (Fsp3) is 0.942. The van der Waals surface area contributed by atoms with Crippen molar-refractivity contribution in [2.24, 2.45) is 0 Å². The van der Waals surface area contributed by atoms with E-state index in [9.17, 15) is 40.5 Å². The monoisotopic (exact) mass is 947 g/mol. The summed E-state index contributed by atoms with van der Waals surface area (Å²) in [6.07, 6.45) is 25.5. The zero-order valence-corrected chi connectivity index (χ0v) is 41.4. The number of ether oxygens (including phenoxy) is 6. The topological polar surface area (TPSA) is 214 Å². The van der Waals surface area contributed by atoms with Gasteiger partial charge in [0.15, 0.2) is 12.6 Å². The first kappa shape index (κ1) is 60.9. The molecule has 2 aliphatic rings. The SMILES string of the molecule is CCCCCC/C=C\CCCCCCCCOCC(COC1OC(COC2OC(CO)C(O)C(O)C2O)C(O)C(O)C1O)OC(=O)CCCCCCCCCCCCCCCCCCCC. The molecule has 0 aromatic heterocycles. The molecule has 2 heterocycles. The molecule has 2 saturated heterocycles. The first-order valence-corrected chi connectivity index (χ1v) is 26.8. The van der Waals surface area contributed by atoms with Crippen LogP contribution in [0.1, 0.15) is 213 Å². The summed E-state index contributed by atoms with van der Waals surface area (Å²) in [5.41, 5.74) is 0. The minimum absolute atomic E-state index is 0.0628. The Kier molecular flexibility index (Phi) is 37.3. The van der Waals surface area contributed by atoms with Crippen LogP contribution in [0.4, 0.5) is 0 Å². The average Bonchev–Trinajstić information content (AvgIpc) is 3.31. The molecular weight excluding hydrogens is 849 g/mol. The van der Waals surface area contributed by atoms with Gasteiger partial charge in [0.1, 0.15) is 54.9 Å². The van der Waals surface area contributed by atoms with Crippen molar-refractivity contribution in [2.45, 2.75) is 280 Å². The van der Waals surface area contributed by atoms with Gasteiger partial charge in [-0.1, -0.05) is 180 Å². The smallest absolute Gasteiger partial charge is 0.306 e. The molecule has 14 nitrogen and oxygen atoms in total. The molecule has 0 aromatic carbocycles. The number of rotatable bonds is 43. The molecule has 7 N–H and O–H groups in total. The van der Waals surface area contributed by atoms with Gasteiger partial charge in [-0.15, -0.1) is 0 Å². The van der Waals surface area contributed by atoms with Crippen molar-refractivity contribution in [1.82, 2.24) is 0 Å². The third-order valence-corrected chi connectivity index (χ3v) is 13.0. The summed E-state index contributed by atoms with van der Waals surface area (Å²) in [7, 11) is 0. The van der Waals surface area contributed by atoms with E-state index in [4.69, 9.17) is 28.4 Å². The number of allylic oxidation sites excluding steroid dienone is 2.